The van der Waals surface area contributed by atoms with Crippen LogP contribution in [0.3, 0.4) is 0 Å². The van der Waals surface area contributed by atoms with Gasteiger partial charge < -0.3 is 14.8 Å². The zero-order valence-electron chi connectivity index (χ0n) is 17.5. The molecule has 0 aliphatic heterocycles. The second-order valence-corrected chi connectivity index (χ2v) is 8.17. The monoisotopic (exact) mass is 393 g/mol. The molecule has 0 aromatic heterocycles. The second kappa shape index (κ2) is 8.89. The molecule has 154 valence electrons. The minimum Gasteiger partial charge on any atom is -0.497 e. The summed E-state index contributed by atoms with van der Waals surface area (Å²) in [6, 6.07) is 12.5. The molecule has 2 aromatic carbocycles. The van der Waals surface area contributed by atoms with Crippen molar-refractivity contribution in [3.8, 4) is 11.5 Å². The van der Waals surface area contributed by atoms with Gasteiger partial charge in [0.15, 0.2) is 6.10 Å². The molecule has 4 rings (SSSR count). The van der Waals surface area contributed by atoms with Crippen LogP contribution in [-0.4, -0.2) is 19.1 Å². The first kappa shape index (κ1) is 19.8. The maximum Gasteiger partial charge on any atom is 0.261 e. The van der Waals surface area contributed by atoms with E-state index in [0.717, 1.165) is 43.6 Å². The molecule has 4 heteroatoms. The predicted molar refractivity (Wildman–Crippen MR) is 115 cm³/mol. The first-order valence-electron chi connectivity index (χ1n) is 10.9. The van der Waals surface area contributed by atoms with Gasteiger partial charge in [-0.3, -0.25) is 4.79 Å². The van der Waals surface area contributed by atoms with Crippen LogP contribution in [-0.2, 0) is 24.1 Å². The number of carbonyl (C=O) groups is 1. The summed E-state index contributed by atoms with van der Waals surface area (Å²) in [5, 5.41) is 3.24. The Morgan fingerprint density at radius 2 is 1.72 bits per heavy atom. The summed E-state index contributed by atoms with van der Waals surface area (Å²) in [4.78, 5) is 13.0. The van der Waals surface area contributed by atoms with Gasteiger partial charge in [-0.25, -0.2) is 0 Å². The SMILES string of the molecule is CC[C@H](Oc1ccc2c(c1)CCCC2)C(=O)N[C@@H]1CCCc2cc(OC)ccc21. The zero-order chi connectivity index (χ0) is 20.2. The van der Waals surface area contributed by atoms with E-state index in [2.05, 4.69) is 29.6 Å². The Hall–Kier alpha value is -2.49. The fourth-order valence-corrected chi connectivity index (χ4v) is 4.60. The highest BCUT2D eigenvalue weighted by Gasteiger charge is 2.26. The van der Waals surface area contributed by atoms with Crippen molar-refractivity contribution in [3.63, 3.8) is 0 Å². The van der Waals surface area contributed by atoms with Crippen LogP contribution in [0.15, 0.2) is 36.4 Å². The van der Waals surface area contributed by atoms with E-state index in [1.54, 1.807) is 7.11 Å². The highest BCUT2D eigenvalue weighted by molar-refractivity contribution is 5.81. The number of fused-ring (bicyclic) bond motifs is 2. The molecule has 0 fully saturated rings. The molecule has 4 nitrogen and oxygen atoms in total. The van der Waals surface area contributed by atoms with E-state index in [0.29, 0.717) is 6.42 Å². The number of carbonyl (C=O) groups excluding carboxylic acids is 1. The second-order valence-electron chi connectivity index (χ2n) is 8.17. The molecular formula is C25H31NO3. The average Bonchev–Trinajstić information content (AvgIpc) is 2.77. The third-order valence-electron chi connectivity index (χ3n) is 6.24. The Morgan fingerprint density at radius 3 is 2.52 bits per heavy atom. The largest absolute Gasteiger partial charge is 0.497 e. The lowest BCUT2D eigenvalue weighted by Crippen LogP contribution is -2.41. The Morgan fingerprint density at radius 1 is 1.00 bits per heavy atom. The molecule has 1 N–H and O–H groups in total. The number of amides is 1. The molecule has 2 aliphatic carbocycles. The molecule has 29 heavy (non-hydrogen) atoms. The minimum atomic E-state index is -0.472. The van der Waals surface area contributed by atoms with Crippen LogP contribution < -0.4 is 14.8 Å². The quantitative estimate of drug-likeness (QED) is 0.757. The van der Waals surface area contributed by atoms with E-state index in [9.17, 15) is 4.79 Å². The van der Waals surface area contributed by atoms with E-state index < -0.39 is 6.10 Å². The lowest BCUT2D eigenvalue weighted by Gasteiger charge is -2.28. The van der Waals surface area contributed by atoms with Crippen molar-refractivity contribution in [3.05, 3.63) is 58.7 Å². The van der Waals surface area contributed by atoms with Crippen LogP contribution in [0.1, 0.15) is 67.3 Å². The van der Waals surface area contributed by atoms with Crippen LogP contribution in [0, 0.1) is 0 Å². The average molecular weight is 394 g/mol. The fraction of sp³-hybridized carbons (Fsp3) is 0.480. The Labute approximate surface area is 173 Å². The molecule has 0 radical (unpaired) electrons. The zero-order valence-corrected chi connectivity index (χ0v) is 17.5. The van der Waals surface area contributed by atoms with Crippen molar-refractivity contribution in [1.82, 2.24) is 5.32 Å². The van der Waals surface area contributed by atoms with Gasteiger partial charge in [-0.2, -0.15) is 0 Å². The third-order valence-corrected chi connectivity index (χ3v) is 6.24. The molecule has 0 bridgehead atoms. The summed E-state index contributed by atoms with van der Waals surface area (Å²) in [6.07, 6.45) is 7.99. The first-order valence-corrected chi connectivity index (χ1v) is 10.9. The highest BCUT2D eigenvalue weighted by atomic mass is 16.5. The molecule has 0 spiro atoms. The molecule has 2 aliphatic rings. The summed E-state index contributed by atoms with van der Waals surface area (Å²) in [7, 11) is 1.69. The van der Waals surface area contributed by atoms with E-state index in [-0.39, 0.29) is 11.9 Å². The number of methoxy groups -OCH3 is 1. The summed E-state index contributed by atoms with van der Waals surface area (Å²) in [6.45, 7) is 2.00. The minimum absolute atomic E-state index is 0.0288. The van der Waals surface area contributed by atoms with Gasteiger partial charge in [0.2, 0.25) is 0 Å². The summed E-state index contributed by atoms with van der Waals surface area (Å²) in [5.74, 6) is 1.65. The molecule has 0 unspecified atom stereocenters. The normalized spacial score (nSPS) is 18.9. The van der Waals surface area contributed by atoms with Crippen LogP contribution >= 0.6 is 0 Å². The lowest BCUT2D eigenvalue weighted by molar-refractivity contribution is -0.129. The summed E-state index contributed by atoms with van der Waals surface area (Å²) >= 11 is 0. The van der Waals surface area contributed by atoms with Gasteiger partial charge in [-0.1, -0.05) is 19.1 Å². The Balaban J connectivity index is 1.45. The van der Waals surface area contributed by atoms with Crippen LogP contribution in [0.25, 0.3) is 0 Å². The van der Waals surface area contributed by atoms with Gasteiger partial charge in [-0.05, 0) is 97.9 Å². The molecule has 2 aromatic rings. The van der Waals surface area contributed by atoms with E-state index in [4.69, 9.17) is 9.47 Å². The number of aryl methyl sites for hydroxylation is 3. The molecular weight excluding hydrogens is 362 g/mol. The smallest absolute Gasteiger partial charge is 0.261 e. The van der Waals surface area contributed by atoms with Gasteiger partial charge in [-0.15, -0.1) is 0 Å². The topological polar surface area (TPSA) is 47.6 Å². The molecule has 0 saturated carbocycles. The fourth-order valence-electron chi connectivity index (χ4n) is 4.60. The maximum absolute atomic E-state index is 13.0. The number of hydrogen-bond acceptors (Lipinski definition) is 3. The van der Waals surface area contributed by atoms with Crippen molar-refractivity contribution in [2.75, 3.05) is 7.11 Å². The number of hydrogen-bond donors (Lipinski definition) is 1. The number of benzene rings is 2. The van der Waals surface area contributed by atoms with Crippen LogP contribution in [0.5, 0.6) is 11.5 Å². The van der Waals surface area contributed by atoms with Crippen molar-refractivity contribution in [2.24, 2.45) is 0 Å². The number of nitrogens with one attached hydrogen (secondary N) is 1. The summed E-state index contributed by atoms with van der Waals surface area (Å²) in [5.41, 5.74) is 5.27. The Bertz CT molecular complexity index is 876. The van der Waals surface area contributed by atoms with Gasteiger partial charge in [0.25, 0.3) is 5.91 Å². The van der Waals surface area contributed by atoms with Crippen LogP contribution in [0.4, 0.5) is 0 Å². The summed E-state index contributed by atoms with van der Waals surface area (Å²) < 4.78 is 11.5. The molecule has 1 amide bonds. The van der Waals surface area contributed by atoms with Gasteiger partial charge >= 0.3 is 0 Å². The molecule has 0 heterocycles. The highest BCUT2D eigenvalue weighted by Crippen LogP contribution is 2.32. The first-order chi connectivity index (χ1) is 14.2. The third kappa shape index (κ3) is 4.42. The predicted octanol–water partition coefficient (Wildman–Crippen LogP) is 4.93. The van der Waals surface area contributed by atoms with Crippen molar-refractivity contribution >= 4 is 5.91 Å². The molecule has 2 atom stereocenters. The van der Waals surface area contributed by atoms with E-state index >= 15 is 0 Å². The number of ether oxygens (including phenoxy) is 2. The standard InChI is InChI=1S/C25H31NO3/c1-3-24(29-21-12-11-17-7-4-5-8-18(17)15-21)25(27)26-23-10-6-9-19-16-20(28-2)13-14-22(19)23/h11-16,23-24H,3-10H2,1-2H3,(H,26,27)/t23-,24+/m1/s1. The molecule has 0 saturated heterocycles. The van der Waals surface area contributed by atoms with E-state index in [1.165, 1.54) is 35.1 Å². The Kier molecular flexibility index (Phi) is 6.08. The van der Waals surface area contributed by atoms with E-state index in [1.807, 2.05) is 19.1 Å². The van der Waals surface area contributed by atoms with Gasteiger partial charge in [0.05, 0.1) is 13.2 Å². The van der Waals surface area contributed by atoms with Gasteiger partial charge in [0.1, 0.15) is 11.5 Å². The van der Waals surface area contributed by atoms with Gasteiger partial charge in [0, 0.05) is 0 Å². The maximum atomic E-state index is 13.0. The van der Waals surface area contributed by atoms with Crippen LogP contribution in [0.2, 0.25) is 0 Å². The van der Waals surface area contributed by atoms with Crippen molar-refractivity contribution in [2.45, 2.75) is 70.4 Å². The van der Waals surface area contributed by atoms with Crippen molar-refractivity contribution in [1.29, 1.82) is 0 Å². The lowest BCUT2D eigenvalue weighted by atomic mass is 9.87. The van der Waals surface area contributed by atoms with Crippen molar-refractivity contribution < 1.29 is 14.3 Å². The number of rotatable bonds is 6.